The second-order valence-corrected chi connectivity index (χ2v) is 11.0. The number of hydrogen-bond acceptors (Lipinski definition) is 4. The molecule has 0 unspecified atom stereocenters. The minimum atomic E-state index is -0.883. The summed E-state index contributed by atoms with van der Waals surface area (Å²) < 4.78 is 13.4. The Morgan fingerprint density at radius 2 is 1.65 bits per heavy atom. The third-order valence-electron chi connectivity index (χ3n) is 8.67. The summed E-state index contributed by atoms with van der Waals surface area (Å²) in [5.41, 5.74) is 7.46. The third kappa shape index (κ3) is 5.38. The number of carboxylic acids is 1. The second-order valence-electron chi connectivity index (χ2n) is 11.0. The molecule has 1 N–H and O–H groups in total. The number of morpholine rings is 1. The van der Waals surface area contributed by atoms with E-state index in [4.69, 9.17) is 9.47 Å². The van der Waals surface area contributed by atoms with Crippen LogP contribution < -0.4 is 4.74 Å². The van der Waals surface area contributed by atoms with Crippen molar-refractivity contribution in [3.05, 3.63) is 77.9 Å². The molecular formula is C34H38N2O4. The van der Waals surface area contributed by atoms with E-state index in [0.717, 1.165) is 61.8 Å². The first-order chi connectivity index (χ1) is 19.6. The number of rotatable bonds is 8. The highest BCUT2D eigenvalue weighted by atomic mass is 16.5. The lowest BCUT2D eigenvalue weighted by Crippen LogP contribution is -2.38. The first-order valence-corrected chi connectivity index (χ1v) is 14.6. The fraction of sp³-hybridized carbons (Fsp3) is 0.382. The van der Waals surface area contributed by atoms with Crippen molar-refractivity contribution >= 4 is 16.9 Å². The van der Waals surface area contributed by atoms with Crippen LogP contribution >= 0.6 is 0 Å². The van der Waals surface area contributed by atoms with Crippen LogP contribution in [0.5, 0.6) is 5.75 Å². The van der Waals surface area contributed by atoms with Crippen LogP contribution in [0.3, 0.4) is 0 Å². The van der Waals surface area contributed by atoms with E-state index in [2.05, 4.69) is 51.9 Å². The molecular weight excluding hydrogens is 500 g/mol. The first kappa shape index (κ1) is 26.6. The van der Waals surface area contributed by atoms with Gasteiger partial charge in [0.1, 0.15) is 5.75 Å². The van der Waals surface area contributed by atoms with Crippen LogP contribution in [0.25, 0.3) is 33.3 Å². The van der Waals surface area contributed by atoms with Crippen molar-refractivity contribution in [2.24, 2.45) is 0 Å². The van der Waals surface area contributed by atoms with Gasteiger partial charge in [0.05, 0.1) is 31.6 Å². The van der Waals surface area contributed by atoms with Crippen molar-refractivity contribution < 1.29 is 19.4 Å². The normalized spacial score (nSPS) is 16.8. The van der Waals surface area contributed by atoms with Crippen LogP contribution in [0.15, 0.2) is 66.7 Å². The average molecular weight is 539 g/mol. The number of carboxylic acid groups (broad SMARTS) is 1. The molecule has 1 aromatic heterocycles. The van der Waals surface area contributed by atoms with Gasteiger partial charge in [0.15, 0.2) is 0 Å². The number of nitrogens with zero attached hydrogens (tertiary/aromatic N) is 2. The molecule has 2 fully saturated rings. The molecule has 40 heavy (non-hydrogen) atoms. The van der Waals surface area contributed by atoms with Gasteiger partial charge < -0.3 is 19.1 Å². The lowest BCUT2D eigenvalue weighted by Gasteiger charge is -2.27. The van der Waals surface area contributed by atoms with Crippen molar-refractivity contribution in [1.29, 1.82) is 0 Å². The number of hydrogen-bond donors (Lipinski definition) is 1. The fourth-order valence-corrected chi connectivity index (χ4v) is 6.55. The van der Waals surface area contributed by atoms with Crippen LogP contribution in [-0.2, 0) is 11.3 Å². The quantitative estimate of drug-likeness (QED) is 0.260. The maximum absolute atomic E-state index is 12.0. The molecule has 6 nitrogen and oxygen atoms in total. The minimum absolute atomic E-state index is 0.340. The Hall–Kier alpha value is -3.61. The molecule has 0 bridgehead atoms. The van der Waals surface area contributed by atoms with Crippen LogP contribution in [0.2, 0.25) is 0 Å². The molecule has 1 aliphatic heterocycles. The molecule has 6 heteroatoms. The van der Waals surface area contributed by atoms with Crippen LogP contribution in [-0.4, -0.2) is 60.5 Å². The number of aromatic carboxylic acids is 1. The summed E-state index contributed by atoms with van der Waals surface area (Å²) in [4.78, 5) is 14.5. The molecule has 1 saturated carbocycles. The lowest BCUT2D eigenvalue weighted by atomic mass is 9.81. The van der Waals surface area contributed by atoms with Crippen molar-refractivity contribution in [1.82, 2.24) is 9.47 Å². The Kier molecular flexibility index (Phi) is 7.89. The van der Waals surface area contributed by atoms with Gasteiger partial charge in [-0.25, -0.2) is 4.79 Å². The highest BCUT2D eigenvalue weighted by Crippen LogP contribution is 2.44. The van der Waals surface area contributed by atoms with Gasteiger partial charge in [0.25, 0.3) is 0 Å². The highest BCUT2D eigenvalue weighted by molar-refractivity contribution is 5.98. The smallest absolute Gasteiger partial charge is 0.335 e. The molecule has 0 atom stereocenters. The van der Waals surface area contributed by atoms with E-state index in [0.29, 0.717) is 11.5 Å². The largest absolute Gasteiger partial charge is 0.497 e. The zero-order valence-corrected chi connectivity index (χ0v) is 23.3. The Bertz CT molecular complexity index is 1480. The SMILES string of the molecule is COc1cccc(-c2ccc(-c3c(C4CCCCC4)c4ccc(C(=O)O)cc4n3CCN3CCOCC3)cc2)c1. The second kappa shape index (κ2) is 11.9. The van der Waals surface area contributed by atoms with Gasteiger partial charge in [-0.15, -0.1) is 0 Å². The van der Waals surface area contributed by atoms with Gasteiger partial charge >= 0.3 is 5.97 Å². The standard InChI is InChI=1S/C34H38N2O4/c1-39-29-9-5-8-27(22-29)24-10-12-26(13-11-24)33-32(25-6-3-2-4-7-25)30-15-14-28(34(37)38)23-31(30)36(33)17-16-35-18-20-40-21-19-35/h5,8-15,22-23,25H,2-4,6-7,16-21H2,1H3,(H,37,38). The van der Waals surface area contributed by atoms with Crippen molar-refractivity contribution in [3.63, 3.8) is 0 Å². The van der Waals surface area contributed by atoms with E-state index in [1.165, 1.54) is 54.3 Å². The Balaban J connectivity index is 1.48. The van der Waals surface area contributed by atoms with Gasteiger partial charge in [-0.1, -0.05) is 61.7 Å². The Morgan fingerprint density at radius 3 is 2.38 bits per heavy atom. The molecule has 0 amide bonds. The van der Waals surface area contributed by atoms with Crippen LogP contribution in [0.4, 0.5) is 0 Å². The maximum Gasteiger partial charge on any atom is 0.335 e. The monoisotopic (exact) mass is 538 g/mol. The molecule has 2 aliphatic rings. The summed E-state index contributed by atoms with van der Waals surface area (Å²) in [6, 6.07) is 22.7. The summed E-state index contributed by atoms with van der Waals surface area (Å²) in [6.07, 6.45) is 6.13. The van der Waals surface area contributed by atoms with E-state index in [-0.39, 0.29) is 0 Å². The third-order valence-corrected chi connectivity index (χ3v) is 8.67. The summed E-state index contributed by atoms with van der Waals surface area (Å²) in [5.74, 6) is 0.439. The zero-order chi connectivity index (χ0) is 27.5. The number of aromatic nitrogens is 1. The lowest BCUT2D eigenvalue weighted by molar-refractivity contribution is 0.0366. The molecule has 6 rings (SSSR count). The molecule has 3 aromatic carbocycles. The molecule has 1 aliphatic carbocycles. The molecule has 0 spiro atoms. The van der Waals surface area contributed by atoms with Gasteiger partial charge in [-0.05, 0) is 65.3 Å². The van der Waals surface area contributed by atoms with Gasteiger partial charge in [-0.2, -0.15) is 0 Å². The van der Waals surface area contributed by atoms with Crippen molar-refractivity contribution in [2.75, 3.05) is 40.0 Å². The molecule has 208 valence electrons. The molecule has 0 radical (unpaired) electrons. The predicted molar refractivity (Wildman–Crippen MR) is 159 cm³/mol. The Morgan fingerprint density at radius 1 is 0.900 bits per heavy atom. The number of fused-ring (bicyclic) bond motifs is 1. The number of ether oxygens (including phenoxy) is 2. The van der Waals surface area contributed by atoms with Crippen LogP contribution in [0, 0.1) is 0 Å². The number of benzene rings is 3. The summed E-state index contributed by atoms with van der Waals surface area (Å²) in [6.45, 7) is 5.10. The van der Waals surface area contributed by atoms with E-state index in [9.17, 15) is 9.90 Å². The fourth-order valence-electron chi connectivity index (χ4n) is 6.55. The summed E-state index contributed by atoms with van der Waals surface area (Å²) >= 11 is 0. The van der Waals surface area contributed by atoms with E-state index >= 15 is 0 Å². The zero-order valence-electron chi connectivity index (χ0n) is 23.3. The molecule has 2 heterocycles. The first-order valence-electron chi connectivity index (χ1n) is 14.6. The topological polar surface area (TPSA) is 63.9 Å². The van der Waals surface area contributed by atoms with Crippen molar-refractivity contribution in [2.45, 2.75) is 44.6 Å². The number of carbonyl (C=O) groups is 1. The Labute approximate surface area is 236 Å². The summed E-state index contributed by atoms with van der Waals surface area (Å²) in [5, 5.41) is 11.0. The van der Waals surface area contributed by atoms with Gasteiger partial charge in [0.2, 0.25) is 0 Å². The van der Waals surface area contributed by atoms with E-state index < -0.39 is 5.97 Å². The van der Waals surface area contributed by atoms with Crippen molar-refractivity contribution in [3.8, 4) is 28.1 Å². The minimum Gasteiger partial charge on any atom is -0.497 e. The van der Waals surface area contributed by atoms with Gasteiger partial charge in [-0.3, -0.25) is 4.90 Å². The average Bonchev–Trinajstić information content (AvgIpc) is 3.34. The summed E-state index contributed by atoms with van der Waals surface area (Å²) in [7, 11) is 1.69. The van der Waals surface area contributed by atoms with Crippen LogP contribution in [0.1, 0.15) is 53.9 Å². The van der Waals surface area contributed by atoms with E-state index in [1.807, 2.05) is 18.2 Å². The molecule has 4 aromatic rings. The van der Waals surface area contributed by atoms with E-state index in [1.54, 1.807) is 13.2 Å². The highest BCUT2D eigenvalue weighted by Gasteiger charge is 2.27. The van der Waals surface area contributed by atoms with Gasteiger partial charge in [0, 0.05) is 37.1 Å². The molecule has 1 saturated heterocycles. The number of methoxy groups -OCH3 is 1. The predicted octanol–water partition coefficient (Wildman–Crippen LogP) is 7.06. The maximum atomic E-state index is 12.0.